The molecule has 2 aromatic rings. The highest BCUT2D eigenvalue weighted by atomic mass is 79.9. The third kappa shape index (κ3) is 3.34. The minimum Gasteiger partial charge on any atom is -0.490 e. The van der Waals surface area contributed by atoms with Gasteiger partial charge >= 0.3 is 0 Å². The lowest BCUT2D eigenvalue weighted by Crippen LogP contribution is -2.38. The summed E-state index contributed by atoms with van der Waals surface area (Å²) in [7, 11) is 0. The molecule has 2 nitrogen and oxygen atoms in total. The number of ether oxygens (including phenoxy) is 1. The molecule has 0 spiro atoms. The predicted molar refractivity (Wildman–Crippen MR) is 85.3 cm³/mol. The number of hydrogen-bond acceptors (Lipinski definition) is 2. The Labute approximate surface area is 128 Å². The van der Waals surface area contributed by atoms with Crippen LogP contribution in [0.2, 0.25) is 0 Å². The summed E-state index contributed by atoms with van der Waals surface area (Å²) in [5.41, 5.74) is 1.28. The maximum Gasteiger partial charge on any atom is 0.119 e. The molecule has 1 radical (unpaired) electrons. The van der Waals surface area contributed by atoms with E-state index >= 15 is 0 Å². The van der Waals surface area contributed by atoms with Gasteiger partial charge in [-0.3, -0.25) is 0 Å². The minimum atomic E-state index is 0.322. The molecule has 0 N–H and O–H groups in total. The van der Waals surface area contributed by atoms with Crippen LogP contribution in [-0.4, -0.2) is 19.2 Å². The molecule has 0 atom stereocenters. The molecule has 1 saturated heterocycles. The zero-order chi connectivity index (χ0) is 13.8. The lowest BCUT2D eigenvalue weighted by molar-refractivity contribution is 0.171. The predicted octanol–water partition coefficient (Wildman–Crippen LogP) is 4.30. The van der Waals surface area contributed by atoms with Gasteiger partial charge in [0.1, 0.15) is 11.9 Å². The fourth-order valence-corrected chi connectivity index (χ4v) is 2.79. The Hall–Kier alpha value is -1.48. The van der Waals surface area contributed by atoms with Gasteiger partial charge in [-0.1, -0.05) is 28.1 Å². The topological polar surface area (TPSA) is 12.5 Å². The highest BCUT2D eigenvalue weighted by Gasteiger charge is 2.20. The fourth-order valence-electron chi connectivity index (χ4n) is 2.53. The van der Waals surface area contributed by atoms with Crippen LogP contribution in [0, 0.1) is 6.07 Å². The van der Waals surface area contributed by atoms with E-state index in [1.54, 1.807) is 0 Å². The van der Waals surface area contributed by atoms with Gasteiger partial charge in [-0.15, -0.1) is 0 Å². The van der Waals surface area contributed by atoms with E-state index in [1.165, 1.54) is 5.69 Å². The molecule has 20 heavy (non-hydrogen) atoms. The van der Waals surface area contributed by atoms with Crippen LogP contribution in [0.1, 0.15) is 12.8 Å². The molecular formula is C17H17BrNO. The quantitative estimate of drug-likeness (QED) is 0.832. The van der Waals surface area contributed by atoms with Crippen LogP contribution < -0.4 is 9.64 Å². The summed E-state index contributed by atoms with van der Waals surface area (Å²) in [6.07, 6.45) is 2.45. The number of halogens is 1. The Kier molecular flexibility index (Phi) is 4.26. The van der Waals surface area contributed by atoms with E-state index in [0.717, 1.165) is 36.2 Å². The van der Waals surface area contributed by atoms with E-state index in [0.29, 0.717) is 6.10 Å². The third-order valence-electron chi connectivity index (χ3n) is 3.62. The number of benzene rings is 2. The molecule has 1 fully saturated rings. The number of nitrogens with zero attached hydrogens (tertiary/aromatic N) is 1. The first kappa shape index (κ1) is 13.5. The fraction of sp³-hybridized carbons (Fsp3) is 0.294. The van der Waals surface area contributed by atoms with Crippen molar-refractivity contribution in [3.05, 3.63) is 59.1 Å². The van der Waals surface area contributed by atoms with Gasteiger partial charge in [0.05, 0.1) is 0 Å². The Morgan fingerprint density at radius 2 is 1.65 bits per heavy atom. The SMILES string of the molecule is Brc1ccc(OC2CCN(c3cc[c]cc3)CC2)cc1. The molecule has 0 bridgehead atoms. The summed E-state index contributed by atoms with van der Waals surface area (Å²) in [5, 5.41) is 0. The van der Waals surface area contributed by atoms with E-state index < -0.39 is 0 Å². The van der Waals surface area contributed by atoms with Crippen LogP contribution in [0.25, 0.3) is 0 Å². The maximum atomic E-state index is 6.04. The van der Waals surface area contributed by atoms with Crippen LogP contribution in [0.4, 0.5) is 5.69 Å². The average Bonchev–Trinajstić information content (AvgIpc) is 2.51. The summed E-state index contributed by atoms with van der Waals surface area (Å²) in [5.74, 6) is 0.959. The second-order valence-electron chi connectivity index (χ2n) is 5.02. The van der Waals surface area contributed by atoms with Crippen molar-refractivity contribution in [2.75, 3.05) is 18.0 Å². The number of piperidine rings is 1. The van der Waals surface area contributed by atoms with Crippen LogP contribution in [0.3, 0.4) is 0 Å². The molecule has 2 aromatic carbocycles. The minimum absolute atomic E-state index is 0.322. The first-order valence-electron chi connectivity index (χ1n) is 6.94. The zero-order valence-electron chi connectivity index (χ0n) is 11.3. The van der Waals surface area contributed by atoms with Gasteiger partial charge in [0, 0.05) is 36.1 Å². The molecule has 0 saturated carbocycles. The first-order chi connectivity index (χ1) is 9.81. The van der Waals surface area contributed by atoms with Crippen molar-refractivity contribution >= 4 is 21.6 Å². The smallest absolute Gasteiger partial charge is 0.119 e. The van der Waals surface area contributed by atoms with Crippen LogP contribution in [-0.2, 0) is 0 Å². The second kappa shape index (κ2) is 6.31. The second-order valence-corrected chi connectivity index (χ2v) is 5.93. The van der Waals surface area contributed by atoms with Crippen molar-refractivity contribution in [2.45, 2.75) is 18.9 Å². The molecule has 3 heteroatoms. The van der Waals surface area contributed by atoms with Crippen molar-refractivity contribution in [1.29, 1.82) is 0 Å². The molecule has 0 aromatic heterocycles. The van der Waals surface area contributed by atoms with E-state index in [2.05, 4.69) is 39.0 Å². The summed E-state index contributed by atoms with van der Waals surface area (Å²) < 4.78 is 7.12. The average molecular weight is 331 g/mol. The van der Waals surface area contributed by atoms with Crippen LogP contribution in [0.5, 0.6) is 5.75 Å². The van der Waals surface area contributed by atoms with Crippen LogP contribution >= 0.6 is 15.9 Å². The third-order valence-corrected chi connectivity index (χ3v) is 4.15. The standard InChI is InChI=1S/C17H17BrNO/c18-14-6-8-16(9-7-14)20-17-10-12-19(13-11-17)15-4-2-1-3-5-15/h2-9,17H,10-13H2. The molecular weight excluding hydrogens is 314 g/mol. The molecule has 3 rings (SSSR count). The van der Waals surface area contributed by atoms with Crippen molar-refractivity contribution in [1.82, 2.24) is 0 Å². The van der Waals surface area contributed by atoms with Gasteiger partial charge in [0.15, 0.2) is 0 Å². The molecule has 103 valence electrons. The largest absolute Gasteiger partial charge is 0.490 e. The summed E-state index contributed by atoms with van der Waals surface area (Å²) in [4.78, 5) is 2.41. The zero-order valence-corrected chi connectivity index (χ0v) is 12.8. The van der Waals surface area contributed by atoms with E-state index in [4.69, 9.17) is 4.74 Å². The van der Waals surface area contributed by atoms with E-state index in [-0.39, 0.29) is 0 Å². The normalized spacial score (nSPS) is 16.1. The Morgan fingerprint density at radius 1 is 1.00 bits per heavy atom. The van der Waals surface area contributed by atoms with Crippen molar-refractivity contribution < 1.29 is 4.74 Å². The Balaban J connectivity index is 1.55. The van der Waals surface area contributed by atoms with Gasteiger partial charge in [-0.25, -0.2) is 0 Å². The maximum absolute atomic E-state index is 6.04. The molecule has 0 unspecified atom stereocenters. The molecule has 0 amide bonds. The summed E-state index contributed by atoms with van der Waals surface area (Å²) in [6, 6.07) is 19.3. The van der Waals surface area contributed by atoms with Crippen molar-refractivity contribution in [3.63, 3.8) is 0 Å². The van der Waals surface area contributed by atoms with Crippen molar-refractivity contribution in [2.24, 2.45) is 0 Å². The summed E-state index contributed by atoms with van der Waals surface area (Å²) >= 11 is 3.44. The molecule has 0 aliphatic carbocycles. The molecule has 1 aliphatic heterocycles. The van der Waals surface area contributed by atoms with E-state index in [9.17, 15) is 0 Å². The van der Waals surface area contributed by atoms with Gasteiger partial charge < -0.3 is 9.64 Å². The highest BCUT2D eigenvalue weighted by molar-refractivity contribution is 9.10. The lowest BCUT2D eigenvalue weighted by atomic mass is 10.1. The molecule has 1 aliphatic rings. The lowest BCUT2D eigenvalue weighted by Gasteiger charge is -2.33. The summed E-state index contributed by atoms with van der Waals surface area (Å²) in [6.45, 7) is 2.09. The van der Waals surface area contributed by atoms with Gasteiger partial charge in [0.2, 0.25) is 0 Å². The van der Waals surface area contributed by atoms with Gasteiger partial charge in [0.25, 0.3) is 0 Å². The molecule has 1 heterocycles. The Morgan fingerprint density at radius 3 is 2.30 bits per heavy atom. The van der Waals surface area contributed by atoms with Gasteiger partial charge in [-0.2, -0.15) is 0 Å². The van der Waals surface area contributed by atoms with Crippen LogP contribution in [0.15, 0.2) is 53.0 Å². The monoisotopic (exact) mass is 330 g/mol. The van der Waals surface area contributed by atoms with Gasteiger partial charge in [-0.05, 0) is 42.5 Å². The first-order valence-corrected chi connectivity index (χ1v) is 7.74. The number of rotatable bonds is 3. The highest BCUT2D eigenvalue weighted by Crippen LogP contribution is 2.23. The Bertz CT molecular complexity index is 533. The van der Waals surface area contributed by atoms with Crippen molar-refractivity contribution in [3.8, 4) is 5.75 Å². The van der Waals surface area contributed by atoms with E-state index in [1.807, 2.05) is 36.4 Å². The number of hydrogen-bond donors (Lipinski definition) is 0. The number of anilines is 1.